The summed E-state index contributed by atoms with van der Waals surface area (Å²) >= 11 is 0. The van der Waals surface area contributed by atoms with E-state index in [9.17, 15) is 0 Å². The van der Waals surface area contributed by atoms with Crippen LogP contribution in [0.25, 0.3) is 0 Å². The lowest BCUT2D eigenvalue weighted by Crippen LogP contribution is -2.45. The summed E-state index contributed by atoms with van der Waals surface area (Å²) in [6.45, 7) is 2.90. The van der Waals surface area contributed by atoms with E-state index in [4.69, 9.17) is 9.47 Å². The molecule has 0 saturated heterocycles. The summed E-state index contributed by atoms with van der Waals surface area (Å²) in [5, 5.41) is 3.48. The first kappa shape index (κ1) is 14.7. The van der Waals surface area contributed by atoms with E-state index in [0.29, 0.717) is 6.04 Å². The molecule has 0 bridgehead atoms. The lowest BCUT2D eigenvalue weighted by Gasteiger charge is -2.44. The predicted octanol–water partition coefficient (Wildman–Crippen LogP) is 4.22. The highest BCUT2D eigenvalue weighted by Crippen LogP contribution is 2.46. The van der Waals surface area contributed by atoms with E-state index in [1.54, 1.807) is 0 Å². The second kappa shape index (κ2) is 6.27. The van der Waals surface area contributed by atoms with Gasteiger partial charge in [0.05, 0.1) is 6.61 Å². The monoisotopic (exact) mass is 289 g/mol. The molecule has 1 saturated carbocycles. The third-order valence-electron chi connectivity index (χ3n) is 4.85. The zero-order chi connectivity index (χ0) is 14.7. The van der Waals surface area contributed by atoms with Gasteiger partial charge in [0.15, 0.2) is 0 Å². The van der Waals surface area contributed by atoms with Gasteiger partial charge in [-0.3, -0.25) is 0 Å². The highest BCUT2D eigenvalue weighted by Gasteiger charge is 2.41. The first-order chi connectivity index (χ1) is 10.3. The molecule has 1 N–H and O–H groups in total. The maximum absolute atomic E-state index is 6.46. The maximum Gasteiger partial charge on any atom is 0.125 e. The van der Waals surface area contributed by atoms with E-state index in [-0.39, 0.29) is 5.60 Å². The molecule has 3 rings (SSSR count). The van der Waals surface area contributed by atoms with E-state index in [1.807, 2.05) is 6.07 Å². The van der Waals surface area contributed by atoms with Crippen LogP contribution in [-0.4, -0.2) is 19.3 Å². The van der Waals surface area contributed by atoms with Crippen molar-refractivity contribution < 1.29 is 9.47 Å². The highest BCUT2D eigenvalue weighted by molar-refractivity contribution is 5.44. The van der Waals surface area contributed by atoms with Crippen molar-refractivity contribution in [3.63, 3.8) is 0 Å². The Labute approximate surface area is 128 Å². The minimum absolute atomic E-state index is 0.0602. The second-order valence-corrected chi connectivity index (χ2v) is 6.44. The Bertz CT molecular complexity index is 480. The van der Waals surface area contributed by atoms with E-state index < -0.39 is 0 Å². The molecule has 1 spiro atoms. The van der Waals surface area contributed by atoms with Crippen LogP contribution in [0.4, 0.5) is 0 Å². The number of benzene rings is 1. The van der Waals surface area contributed by atoms with Gasteiger partial charge in [0.1, 0.15) is 17.1 Å². The molecule has 1 atom stereocenters. The van der Waals surface area contributed by atoms with Crippen LogP contribution in [0.3, 0.4) is 0 Å². The average molecular weight is 289 g/mol. The molecule has 1 aliphatic carbocycles. The maximum atomic E-state index is 6.46. The molecule has 1 aromatic rings. The summed E-state index contributed by atoms with van der Waals surface area (Å²) < 4.78 is 12.2. The molecule has 0 radical (unpaired) electrons. The lowest BCUT2D eigenvalue weighted by molar-refractivity contribution is -0.00188. The van der Waals surface area contributed by atoms with Crippen molar-refractivity contribution >= 4 is 0 Å². The molecule has 21 heavy (non-hydrogen) atoms. The Kier molecular flexibility index (Phi) is 4.39. The van der Waals surface area contributed by atoms with Crippen LogP contribution in [0.15, 0.2) is 18.2 Å². The lowest BCUT2D eigenvalue weighted by atomic mass is 9.77. The van der Waals surface area contributed by atoms with Gasteiger partial charge in [-0.2, -0.15) is 0 Å². The Balaban J connectivity index is 1.85. The summed E-state index contributed by atoms with van der Waals surface area (Å²) in [6, 6.07) is 6.67. The number of nitrogens with one attached hydrogen (secondary N) is 1. The number of hydrogen-bond acceptors (Lipinski definition) is 3. The average Bonchev–Trinajstić information content (AvgIpc) is 2.53. The fourth-order valence-electron chi connectivity index (χ4n) is 3.72. The molecule has 3 nitrogen and oxygen atoms in total. The largest absolute Gasteiger partial charge is 0.494 e. The van der Waals surface area contributed by atoms with Crippen molar-refractivity contribution in [2.75, 3.05) is 13.7 Å². The third-order valence-corrected chi connectivity index (χ3v) is 4.85. The van der Waals surface area contributed by atoms with Gasteiger partial charge in [-0.05, 0) is 57.4 Å². The minimum Gasteiger partial charge on any atom is -0.494 e. The Hall–Kier alpha value is -1.22. The predicted molar refractivity (Wildman–Crippen MR) is 85.1 cm³/mol. The van der Waals surface area contributed by atoms with Crippen molar-refractivity contribution in [3.8, 4) is 11.5 Å². The van der Waals surface area contributed by atoms with Gasteiger partial charge in [0, 0.05) is 18.0 Å². The zero-order valence-electron chi connectivity index (χ0n) is 13.3. The quantitative estimate of drug-likeness (QED) is 0.900. The van der Waals surface area contributed by atoms with Gasteiger partial charge in [0.25, 0.3) is 0 Å². The van der Waals surface area contributed by atoms with Crippen LogP contribution in [0.5, 0.6) is 11.5 Å². The standard InChI is InChI=1S/C18H27NO2/c1-3-11-20-14-7-8-17-15(12-14)16(19-2)13-18(21-17)9-5-4-6-10-18/h7-8,12,16,19H,3-6,9-11,13H2,1-2H3. The molecule has 116 valence electrons. The summed E-state index contributed by atoms with van der Waals surface area (Å²) in [7, 11) is 2.05. The first-order valence-electron chi connectivity index (χ1n) is 8.39. The summed E-state index contributed by atoms with van der Waals surface area (Å²) in [5.41, 5.74) is 1.31. The molecule has 0 amide bonds. The van der Waals surface area contributed by atoms with Gasteiger partial charge < -0.3 is 14.8 Å². The summed E-state index contributed by atoms with van der Waals surface area (Å²) in [4.78, 5) is 0. The van der Waals surface area contributed by atoms with Crippen molar-refractivity contribution in [1.29, 1.82) is 0 Å². The Morgan fingerprint density at radius 2 is 2.10 bits per heavy atom. The molecule has 2 aliphatic rings. The smallest absolute Gasteiger partial charge is 0.125 e. The minimum atomic E-state index is 0.0602. The molecule has 1 heterocycles. The van der Waals surface area contributed by atoms with E-state index in [2.05, 4.69) is 31.4 Å². The molecular weight excluding hydrogens is 262 g/mol. The second-order valence-electron chi connectivity index (χ2n) is 6.44. The van der Waals surface area contributed by atoms with Gasteiger partial charge >= 0.3 is 0 Å². The van der Waals surface area contributed by atoms with Crippen LogP contribution < -0.4 is 14.8 Å². The van der Waals surface area contributed by atoms with Gasteiger partial charge in [0.2, 0.25) is 0 Å². The van der Waals surface area contributed by atoms with Crippen molar-refractivity contribution in [2.24, 2.45) is 0 Å². The SMILES string of the molecule is CCCOc1ccc2c(c1)C(NC)CC1(CCCCC1)O2. The van der Waals surface area contributed by atoms with Crippen LogP contribution in [0.1, 0.15) is 63.5 Å². The van der Waals surface area contributed by atoms with E-state index in [1.165, 1.54) is 37.7 Å². The van der Waals surface area contributed by atoms with Crippen molar-refractivity contribution in [2.45, 2.75) is 63.5 Å². The molecule has 1 fully saturated rings. The van der Waals surface area contributed by atoms with Crippen molar-refractivity contribution in [1.82, 2.24) is 5.32 Å². The van der Waals surface area contributed by atoms with Crippen LogP contribution >= 0.6 is 0 Å². The Morgan fingerprint density at radius 1 is 1.29 bits per heavy atom. The number of fused-ring (bicyclic) bond motifs is 1. The van der Waals surface area contributed by atoms with Crippen LogP contribution in [-0.2, 0) is 0 Å². The van der Waals surface area contributed by atoms with Gasteiger partial charge in [-0.1, -0.05) is 13.3 Å². The van der Waals surface area contributed by atoms with E-state index in [0.717, 1.165) is 30.9 Å². The number of ether oxygens (including phenoxy) is 2. The number of rotatable bonds is 4. The van der Waals surface area contributed by atoms with Crippen molar-refractivity contribution in [3.05, 3.63) is 23.8 Å². The first-order valence-corrected chi connectivity index (χ1v) is 8.39. The fourth-order valence-corrected chi connectivity index (χ4v) is 3.72. The van der Waals surface area contributed by atoms with Crippen LogP contribution in [0, 0.1) is 0 Å². The van der Waals surface area contributed by atoms with Gasteiger partial charge in [-0.25, -0.2) is 0 Å². The molecule has 0 aromatic heterocycles. The summed E-state index contributed by atoms with van der Waals surface area (Å²) in [5.74, 6) is 2.00. The third kappa shape index (κ3) is 3.03. The van der Waals surface area contributed by atoms with Gasteiger partial charge in [-0.15, -0.1) is 0 Å². The molecule has 3 heteroatoms. The zero-order valence-corrected chi connectivity index (χ0v) is 13.3. The normalized spacial score (nSPS) is 23.4. The summed E-state index contributed by atoms with van der Waals surface area (Å²) in [6.07, 6.45) is 8.44. The van der Waals surface area contributed by atoms with Crippen LogP contribution in [0.2, 0.25) is 0 Å². The highest BCUT2D eigenvalue weighted by atomic mass is 16.5. The fraction of sp³-hybridized carbons (Fsp3) is 0.667. The topological polar surface area (TPSA) is 30.5 Å². The van der Waals surface area contributed by atoms with E-state index >= 15 is 0 Å². The Morgan fingerprint density at radius 3 is 2.81 bits per heavy atom. The molecular formula is C18H27NO2. The molecule has 1 unspecified atom stereocenters. The molecule has 1 aliphatic heterocycles. The number of hydrogen-bond donors (Lipinski definition) is 1. The molecule has 1 aromatic carbocycles.